The van der Waals surface area contributed by atoms with Crippen molar-refractivity contribution in [1.82, 2.24) is 0 Å². The van der Waals surface area contributed by atoms with Gasteiger partial charge >= 0.3 is 0 Å². The van der Waals surface area contributed by atoms with Crippen molar-refractivity contribution in [1.29, 1.82) is 0 Å². The van der Waals surface area contributed by atoms with Gasteiger partial charge in [-0.05, 0) is 0 Å². The van der Waals surface area contributed by atoms with Gasteiger partial charge in [0, 0.05) is 7.11 Å². The van der Waals surface area contributed by atoms with Gasteiger partial charge in [-0.2, -0.15) is 0 Å². The van der Waals surface area contributed by atoms with Gasteiger partial charge in [0.1, 0.15) is 0 Å². The van der Waals surface area contributed by atoms with Crippen molar-refractivity contribution in [3.8, 4) is 0 Å². The summed E-state index contributed by atoms with van der Waals surface area (Å²) in [5.41, 5.74) is 0. The maximum Gasteiger partial charge on any atom is 0.0579 e. The molecule has 0 bridgehead atoms. The summed E-state index contributed by atoms with van der Waals surface area (Å²) in [6.45, 7) is 0. The van der Waals surface area contributed by atoms with Crippen molar-refractivity contribution < 1.29 is 9.77 Å². The van der Waals surface area contributed by atoms with E-state index in [0.717, 1.165) is 7.11 Å². The van der Waals surface area contributed by atoms with Crippen LogP contribution in [0.1, 0.15) is 0 Å². The lowest BCUT2D eigenvalue weighted by atomic mass is 11.8. The third-order valence-corrected chi connectivity index (χ3v) is 0. The van der Waals surface area contributed by atoms with Gasteiger partial charge in [-0.25, -0.2) is 0 Å². The molecule has 0 fully saturated rings. The topological polar surface area (TPSA) is 40.5 Å². The third-order valence-electron chi connectivity index (χ3n) is 0. The molecular weight excluding hydrogens is 79.5 g/mol. The molecule has 0 amide bonds. The molecule has 0 aromatic heterocycles. The smallest absolute Gasteiger partial charge is 0.0579 e. The van der Waals surface area contributed by atoms with E-state index in [-0.39, 0.29) is 0 Å². The van der Waals surface area contributed by atoms with Crippen molar-refractivity contribution in [3.63, 3.8) is 0 Å². The van der Waals surface area contributed by atoms with E-state index in [2.05, 4.69) is 11.9 Å². The molecule has 0 unspecified atom stereocenters. The van der Waals surface area contributed by atoms with Crippen LogP contribution in [0.3, 0.4) is 0 Å². The molecule has 0 atom stereocenters. The first-order valence-corrected chi connectivity index (χ1v) is 0.954. The zero-order chi connectivity index (χ0) is 4.00. The van der Waals surface area contributed by atoms with E-state index in [1.807, 2.05) is 0 Å². The Morgan fingerprint density at radius 2 is 1.25 bits per heavy atom. The monoisotopic (exact) mass is 84.0 g/mol. The first kappa shape index (κ1) is 8.88. The molecule has 3 heteroatoms. The Morgan fingerprint density at radius 3 is 1.25 bits per heavy atom. The van der Waals surface area contributed by atoms with Crippen LogP contribution in [0.2, 0.25) is 0 Å². The van der Waals surface area contributed by atoms with Gasteiger partial charge in [0.25, 0.3) is 0 Å². The molecule has 0 aliphatic rings. The van der Waals surface area contributed by atoms with E-state index >= 15 is 0 Å². The largest absolute Gasteiger partial charge is 0.400 e. The summed E-state index contributed by atoms with van der Waals surface area (Å²) < 4.78 is 6.47. The van der Waals surface area contributed by atoms with Gasteiger partial charge < -0.3 is 5.11 Å². The molecular formula is CH5ClO2. The Bertz CT molecular complexity index is 6.00. The Kier molecular flexibility index (Phi) is 789. The van der Waals surface area contributed by atoms with Crippen molar-refractivity contribution in [2.75, 3.05) is 7.11 Å². The molecule has 0 aromatic rings. The minimum absolute atomic E-state index is 1.00. The predicted molar refractivity (Wildman–Crippen MR) is 16.2 cm³/mol. The van der Waals surface area contributed by atoms with Crippen LogP contribution in [-0.4, -0.2) is 16.9 Å². The minimum atomic E-state index is 1.00. The average Bonchev–Trinajstić information content (AvgIpc) is 1.50. The number of hydrogen-bond acceptors (Lipinski definition) is 2. The summed E-state index contributed by atoms with van der Waals surface area (Å²) in [5.74, 6) is 0. The molecule has 28 valence electrons. The lowest BCUT2D eigenvalue weighted by molar-refractivity contribution is 0.399. The summed E-state index contributed by atoms with van der Waals surface area (Å²) in [6, 6.07) is 0. The third kappa shape index (κ3) is 73.4. The van der Waals surface area contributed by atoms with E-state index < -0.39 is 0 Å². The lowest BCUT2D eigenvalue weighted by Crippen LogP contribution is -1.25. The fourth-order valence-corrected chi connectivity index (χ4v) is 0. The van der Waals surface area contributed by atoms with Crippen LogP contribution in [0.5, 0.6) is 0 Å². The second-order valence-corrected chi connectivity index (χ2v) is 0. The van der Waals surface area contributed by atoms with Gasteiger partial charge in [-0.3, -0.25) is 4.66 Å². The van der Waals surface area contributed by atoms with E-state index in [4.69, 9.17) is 9.77 Å². The number of rotatable bonds is 0. The zero-order valence-electron chi connectivity index (χ0n) is 2.27. The van der Waals surface area contributed by atoms with Crippen LogP contribution in [0, 0.1) is 0 Å². The van der Waals surface area contributed by atoms with Crippen molar-refractivity contribution in [2.45, 2.75) is 0 Å². The van der Waals surface area contributed by atoms with Crippen LogP contribution in [0.15, 0.2) is 0 Å². The highest BCUT2D eigenvalue weighted by atomic mass is 35.5. The average molecular weight is 84.5 g/mol. The summed E-state index contributed by atoms with van der Waals surface area (Å²) in [6.07, 6.45) is 0. The first-order chi connectivity index (χ1) is 2.00. The van der Waals surface area contributed by atoms with Crippen molar-refractivity contribution in [2.24, 2.45) is 0 Å². The molecule has 2 nitrogen and oxygen atoms in total. The Balaban J connectivity index is 0. The highest BCUT2D eigenvalue weighted by molar-refractivity contribution is 6.04. The highest BCUT2D eigenvalue weighted by Crippen LogP contribution is 1.31. The molecule has 4 heavy (non-hydrogen) atoms. The summed E-state index contributed by atoms with van der Waals surface area (Å²) in [5, 5.41) is 7.00. The highest BCUT2D eigenvalue weighted by Gasteiger charge is 0.897. The van der Waals surface area contributed by atoms with E-state index in [1.54, 1.807) is 0 Å². The van der Waals surface area contributed by atoms with Crippen LogP contribution in [0.25, 0.3) is 0 Å². The first-order valence-electron chi connectivity index (χ1n) is 0.616. The van der Waals surface area contributed by atoms with Gasteiger partial charge in [-0.15, -0.1) is 0 Å². The molecule has 0 aromatic carbocycles. The maximum atomic E-state index is 7.00. The van der Waals surface area contributed by atoms with Crippen LogP contribution < -0.4 is 0 Å². The van der Waals surface area contributed by atoms with Gasteiger partial charge in [0.2, 0.25) is 0 Å². The zero-order valence-corrected chi connectivity index (χ0v) is 3.03. The molecule has 0 radical (unpaired) electrons. The second-order valence-electron chi connectivity index (χ2n) is 0. The van der Waals surface area contributed by atoms with Crippen molar-refractivity contribution >= 4 is 11.9 Å². The van der Waals surface area contributed by atoms with Crippen LogP contribution in [0.4, 0.5) is 0 Å². The van der Waals surface area contributed by atoms with Gasteiger partial charge in [-0.1, -0.05) is 0 Å². The van der Waals surface area contributed by atoms with Crippen LogP contribution in [-0.2, 0) is 0 Å². The standard InChI is InChI=1S/CH4O.ClHO/c2*1-2/h2H,1H3;2H. The molecule has 0 saturated carbocycles. The number of halogens is 1. The number of aliphatic hydroxyl groups is 1. The minimum Gasteiger partial charge on any atom is -0.400 e. The Morgan fingerprint density at radius 1 is 1.25 bits per heavy atom. The molecule has 0 saturated heterocycles. The Hall–Kier alpha value is 0.210. The predicted octanol–water partition coefficient (Wildman–Crippen LogP) is -0.259. The quantitative estimate of drug-likeness (QED) is 0.425. The SMILES string of the molecule is CO.OCl. The van der Waals surface area contributed by atoms with Crippen molar-refractivity contribution in [3.05, 3.63) is 0 Å². The summed E-state index contributed by atoms with van der Waals surface area (Å²) in [7, 11) is 1.00. The lowest BCUT2D eigenvalue weighted by Gasteiger charge is -1.21. The normalized spacial score (nSPS) is 3.00. The molecule has 0 aliphatic carbocycles. The molecule has 0 spiro atoms. The van der Waals surface area contributed by atoms with E-state index in [1.165, 1.54) is 0 Å². The molecule has 0 heterocycles. The fourth-order valence-electron chi connectivity index (χ4n) is 0. The number of hydrogen-bond donors (Lipinski definition) is 2. The molecule has 0 aliphatic heterocycles. The number of aliphatic hydroxyl groups excluding tert-OH is 1. The second kappa shape index (κ2) is 356. The van der Waals surface area contributed by atoms with E-state index in [0.29, 0.717) is 0 Å². The van der Waals surface area contributed by atoms with E-state index in [9.17, 15) is 0 Å². The van der Waals surface area contributed by atoms with Gasteiger partial charge in [0.15, 0.2) is 0 Å². The Labute approximate surface area is 29.8 Å². The maximum absolute atomic E-state index is 7.00. The fraction of sp³-hybridized carbons (Fsp3) is 1.00. The summed E-state index contributed by atoms with van der Waals surface area (Å²) in [4.78, 5) is 0. The van der Waals surface area contributed by atoms with Gasteiger partial charge in [0.05, 0.1) is 11.9 Å². The molecule has 0 rings (SSSR count). The van der Waals surface area contributed by atoms with Crippen LogP contribution >= 0.6 is 11.9 Å². The molecule has 2 N–H and O–H groups in total. The summed E-state index contributed by atoms with van der Waals surface area (Å²) >= 11 is 3.64.